The molecule has 0 amide bonds. The maximum Gasteiger partial charge on any atom is 0.252 e. The standard InChI is InChI=1S/C120H109BN6/c1-115(2,3)78-51-48-76(49-52-78)92-70-83(120(16,17)18)69-91(75-36-24-20-25-37-75)112(92)127-108-71-85(122-101-60-53-79(116(4,5)6)65-93(101)94-66-80(117(7,8)9)54-61-102(94)122)57-59-98(108)121-97-58-50-77(74-34-22-19-23-35-74)64-107(97)126(109-72-86(73-110(127)111(109)121)123-103-62-55-81(118(10,11)12)67-95(103)96-68-82(119(13,14)15)56-63-104(96)123)106-47-33-43-90-89-42-32-46-105(113(89)124(114(90)106)84-38-26-21-27-39-84)125-99-44-30-28-40-87(99)88-41-29-31-45-100(88)125/h19-73H,1-18H3/i19D,22D,23D,28D,29D,30D,31D,34D,35D,40D,41D,44D,45D. The summed E-state index contributed by atoms with van der Waals surface area (Å²) in [7, 11) is 0. The van der Waals surface area contributed by atoms with Crippen LogP contribution in [0.3, 0.4) is 0 Å². The first-order valence-corrected chi connectivity index (χ1v) is 44.5. The number of para-hydroxylation sites is 5. The van der Waals surface area contributed by atoms with Crippen molar-refractivity contribution in [1.82, 2.24) is 18.3 Å². The second-order valence-electron chi connectivity index (χ2n) is 41.3. The first kappa shape index (κ1) is 65.9. The lowest BCUT2D eigenvalue weighted by Crippen LogP contribution is -2.61. The first-order valence-electron chi connectivity index (χ1n) is 51.0. The van der Waals surface area contributed by atoms with Crippen LogP contribution < -0.4 is 26.2 Å². The summed E-state index contributed by atoms with van der Waals surface area (Å²) in [5.41, 5.74) is 25.3. The van der Waals surface area contributed by atoms with Gasteiger partial charge in [-0.2, -0.15) is 0 Å². The van der Waals surface area contributed by atoms with E-state index in [0.717, 1.165) is 127 Å². The van der Waals surface area contributed by atoms with Gasteiger partial charge in [-0.1, -0.05) is 331 Å². The summed E-state index contributed by atoms with van der Waals surface area (Å²) in [4.78, 5) is 4.93. The van der Waals surface area contributed by atoms with Crippen LogP contribution in [0.2, 0.25) is 0 Å². The van der Waals surface area contributed by atoms with Gasteiger partial charge in [0.25, 0.3) is 6.71 Å². The third-order valence-corrected chi connectivity index (χ3v) is 27.0. The molecule has 20 aromatic rings. The van der Waals surface area contributed by atoms with Gasteiger partial charge < -0.3 is 28.1 Å². The average Bonchev–Trinajstić information content (AvgIpc) is 0.974. The summed E-state index contributed by atoms with van der Waals surface area (Å²) < 4.78 is 133. The van der Waals surface area contributed by atoms with Crippen LogP contribution in [0.15, 0.2) is 333 Å². The number of hydrogen-bond donors (Lipinski definition) is 0. The highest BCUT2D eigenvalue weighted by molar-refractivity contribution is 7.00. The van der Waals surface area contributed by atoms with Gasteiger partial charge in [-0.15, -0.1) is 0 Å². The predicted octanol–water partition coefficient (Wildman–Crippen LogP) is 30.9. The summed E-state index contributed by atoms with van der Waals surface area (Å²) in [5, 5.41) is 5.73. The van der Waals surface area contributed by atoms with E-state index in [-0.39, 0.29) is 71.9 Å². The van der Waals surface area contributed by atoms with Gasteiger partial charge in [-0.25, -0.2) is 0 Å². The van der Waals surface area contributed by atoms with Crippen molar-refractivity contribution in [2.45, 2.75) is 157 Å². The molecular formula is C120H109BN6. The van der Waals surface area contributed by atoms with Crippen LogP contribution in [0, 0.1) is 0 Å². The number of benzene rings is 16. The Morgan fingerprint density at radius 3 is 1.13 bits per heavy atom. The molecule has 0 fully saturated rings. The van der Waals surface area contributed by atoms with Crippen LogP contribution in [0.25, 0.3) is 143 Å². The van der Waals surface area contributed by atoms with Crippen molar-refractivity contribution in [3.05, 3.63) is 367 Å². The second kappa shape index (κ2) is 28.4. The van der Waals surface area contributed by atoms with Crippen molar-refractivity contribution < 1.29 is 17.8 Å². The zero-order valence-electron chi connectivity index (χ0n) is 88.5. The fourth-order valence-corrected chi connectivity index (χ4v) is 20.2. The number of fused-ring (bicyclic) bond motifs is 16. The second-order valence-corrected chi connectivity index (χ2v) is 41.3. The van der Waals surface area contributed by atoms with E-state index in [1.165, 1.54) is 27.8 Å². The molecule has 0 bridgehead atoms. The first-order chi connectivity index (χ1) is 66.2. The summed E-state index contributed by atoms with van der Waals surface area (Å²) in [6.07, 6.45) is 0. The van der Waals surface area contributed by atoms with E-state index >= 15 is 0 Å². The van der Waals surface area contributed by atoms with Gasteiger partial charge in [0, 0.05) is 88.3 Å². The van der Waals surface area contributed by atoms with Gasteiger partial charge in [0.2, 0.25) is 0 Å². The minimum Gasteiger partial charge on any atom is -0.310 e. The number of anilines is 6. The summed E-state index contributed by atoms with van der Waals surface area (Å²) in [6, 6.07) is 86.5. The normalized spacial score (nSPS) is 14.8. The van der Waals surface area contributed by atoms with Crippen molar-refractivity contribution >= 4 is 144 Å². The van der Waals surface area contributed by atoms with Crippen molar-refractivity contribution in [3.8, 4) is 56.1 Å². The molecule has 127 heavy (non-hydrogen) atoms. The highest BCUT2D eigenvalue weighted by atomic mass is 15.2. The minimum absolute atomic E-state index is 0.0161. The molecule has 0 aliphatic carbocycles. The molecule has 22 rings (SSSR count). The summed E-state index contributed by atoms with van der Waals surface area (Å²) in [6.45, 7) is 40.3. The van der Waals surface area contributed by atoms with Gasteiger partial charge in [0.1, 0.15) is 0 Å². The fraction of sp³-hybridized carbons (Fsp3) is 0.200. The smallest absolute Gasteiger partial charge is 0.252 e. The van der Waals surface area contributed by atoms with Gasteiger partial charge in [0.05, 0.1) is 84.7 Å². The monoisotopic (exact) mass is 1660 g/mol. The summed E-state index contributed by atoms with van der Waals surface area (Å²) >= 11 is 0. The molecule has 4 aromatic heterocycles. The average molecular weight is 1660 g/mol. The molecule has 6 nitrogen and oxygen atoms in total. The molecule has 0 unspecified atom stereocenters. The van der Waals surface area contributed by atoms with Gasteiger partial charge in [-0.05, 0) is 232 Å². The Kier molecular flexibility index (Phi) is 14.8. The Morgan fingerprint density at radius 1 is 0.228 bits per heavy atom. The molecule has 2 aliphatic rings. The molecule has 2 aliphatic heterocycles. The third kappa shape index (κ3) is 12.7. The van der Waals surface area contributed by atoms with E-state index in [1.54, 1.807) is 4.57 Å². The molecule has 0 spiro atoms. The van der Waals surface area contributed by atoms with Crippen LogP contribution in [0.4, 0.5) is 34.1 Å². The number of aromatic nitrogens is 4. The molecule has 0 N–H and O–H groups in total. The molecule has 0 atom stereocenters. The van der Waals surface area contributed by atoms with Crippen LogP contribution in [-0.4, -0.2) is 25.0 Å². The minimum atomic E-state index is -0.665. The molecule has 0 saturated carbocycles. The molecule has 0 saturated heterocycles. The molecule has 0 radical (unpaired) electrons. The highest BCUT2D eigenvalue weighted by Gasteiger charge is 2.47. The summed E-state index contributed by atoms with van der Waals surface area (Å²) in [5.74, 6) is 0. The topological polar surface area (TPSA) is 26.2 Å². The molecular weight excluding hydrogens is 1540 g/mol. The van der Waals surface area contributed by atoms with Crippen molar-refractivity contribution in [3.63, 3.8) is 0 Å². The lowest BCUT2D eigenvalue weighted by atomic mass is 9.33. The van der Waals surface area contributed by atoms with E-state index < -0.39 is 73.2 Å². The van der Waals surface area contributed by atoms with Crippen LogP contribution in [0.5, 0.6) is 0 Å². The molecule has 16 aromatic carbocycles. The Balaban J connectivity index is 0.967. The van der Waals surface area contributed by atoms with Crippen LogP contribution >= 0.6 is 0 Å². The SMILES string of the molecule is [2H]c1c([2H])c([2H])c(-c2ccc3c(c2)N(c2cccc4c5cccc(-n6c7c([2H])c([2H])c([2H])c([2H])c7c7c([2H])c([2H])c([2H])c([2H])c76)c5n(-c5ccccc5)c24)c2cc(-n4c5ccc(C(C)(C)C)cc5c5cc(C(C)(C)C)ccc54)cc4c2B3c2ccc(-n3c5ccc(C(C)(C)C)cc5c5cc(C(C)(C)C)ccc53)cc2N4c2c(-c3ccccc3)cc(C(C)(C)C)cc2-c2ccc(C(C)(C)C)cc2)c([2H])c1[2H]. The zero-order valence-corrected chi connectivity index (χ0v) is 75.5. The largest absolute Gasteiger partial charge is 0.310 e. The quantitative estimate of drug-likeness (QED) is 0.135. The number of hydrogen-bond acceptors (Lipinski definition) is 2. The van der Waals surface area contributed by atoms with E-state index in [1.807, 2.05) is 66.7 Å². The third-order valence-electron chi connectivity index (χ3n) is 27.0. The maximum atomic E-state index is 9.99. The van der Waals surface area contributed by atoms with Crippen molar-refractivity contribution in [2.24, 2.45) is 0 Å². The Labute approximate surface area is 766 Å². The van der Waals surface area contributed by atoms with Gasteiger partial charge in [0.15, 0.2) is 0 Å². The zero-order chi connectivity index (χ0) is 98.9. The number of nitrogens with zero attached hydrogens (tertiary/aromatic N) is 6. The van der Waals surface area contributed by atoms with E-state index in [9.17, 15) is 16.4 Å². The maximum absolute atomic E-state index is 9.99. The molecule has 622 valence electrons. The highest BCUT2D eigenvalue weighted by Crippen LogP contribution is 2.56. The van der Waals surface area contributed by atoms with E-state index in [4.69, 9.17) is 1.37 Å². The van der Waals surface area contributed by atoms with Gasteiger partial charge >= 0.3 is 0 Å². The molecule has 6 heterocycles. The lowest BCUT2D eigenvalue weighted by molar-refractivity contribution is 0.590. The van der Waals surface area contributed by atoms with E-state index in [0.29, 0.717) is 44.7 Å². The van der Waals surface area contributed by atoms with Crippen molar-refractivity contribution in [2.75, 3.05) is 9.80 Å². The Hall–Kier alpha value is -13.6. The predicted molar refractivity (Wildman–Crippen MR) is 546 cm³/mol. The molecule has 7 heteroatoms. The Morgan fingerprint density at radius 2 is 0.630 bits per heavy atom. The fourth-order valence-electron chi connectivity index (χ4n) is 20.2. The van der Waals surface area contributed by atoms with Crippen LogP contribution in [0.1, 0.15) is 176 Å². The Bertz CT molecular complexity index is 8530. The van der Waals surface area contributed by atoms with Crippen molar-refractivity contribution in [1.29, 1.82) is 0 Å². The van der Waals surface area contributed by atoms with E-state index in [2.05, 4.69) is 336 Å². The van der Waals surface area contributed by atoms with Gasteiger partial charge in [-0.3, -0.25) is 0 Å². The lowest BCUT2D eigenvalue weighted by Gasteiger charge is -2.45. The van der Waals surface area contributed by atoms with Crippen LogP contribution in [-0.2, 0) is 32.5 Å². The number of rotatable bonds is 9.